The van der Waals surface area contributed by atoms with Gasteiger partial charge in [0.25, 0.3) is 0 Å². The van der Waals surface area contributed by atoms with Crippen molar-refractivity contribution in [3.63, 3.8) is 0 Å². The van der Waals surface area contributed by atoms with Crippen molar-refractivity contribution in [2.24, 2.45) is 0 Å². The summed E-state index contributed by atoms with van der Waals surface area (Å²) >= 11 is 2.95. The van der Waals surface area contributed by atoms with E-state index < -0.39 is 0 Å². The Labute approximate surface area is 62.7 Å². The number of alkyl halides is 1. The zero-order valence-corrected chi connectivity index (χ0v) is 6.67. The van der Waals surface area contributed by atoms with Crippen LogP contribution in [0, 0.1) is 12.3 Å². The molecule has 22 valence electrons. The Morgan fingerprint density at radius 2 is 2.00 bits per heavy atom. The fraction of sp³-hybridized carbons (Fsp3) is 0.333. The number of halogens is 1. The van der Waals surface area contributed by atoms with Crippen LogP contribution in [0.2, 0.25) is 0 Å². The summed E-state index contributed by atoms with van der Waals surface area (Å²) in [5.74, 6) is 2.10. The van der Waals surface area contributed by atoms with Crippen molar-refractivity contribution in [3.05, 3.63) is 6.42 Å². The molecule has 0 aromatic carbocycles. The molecule has 2 heteroatoms. The molecule has 0 aromatic heterocycles. The summed E-state index contributed by atoms with van der Waals surface area (Å²) < 4.78 is 0. The summed E-state index contributed by atoms with van der Waals surface area (Å²) in [5, 5.41) is 0.549. The molecule has 0 radical (unpaired) electrons. The molecule has 0 rings (SSSR count). The Morgan fingerprint density at radius 1 is 1.80 bits per heavy atom. The summed E-state index contributed by atoms with van der Waals surface area (Å²) in [5.41, 5.74) is 0. The predicted molar refractivity (Wildman–Crippen MR) is 20.9 cm³/mol. The average molecular weight is 141 g/mol. The molecule has 0 aliphatic heterocycles. The van der Waals surface area contributed by atoms with Gasteiger partial charge in [-0.15, -0.1) is 0 Å². The van der Waals surface area contributed by atoms with E-state index in [1.54, 1.807) is 0 Å². The van der Waals surface area contributed by atoms with Crippen molar-refractivity contribution in [2.75, 3.05) is 5.33 Å². The van der Waals surface area contributed by atoms with Gasteiger partial charge in [0.2, 0.25) is 0 Å². The smallest absolute Gasteiger partial charge is 0.693 e. The molecule has 0 atom stereocenters. The Hall–Kier alpha value is 1.04. The van der Waals surface area contributed by atoms with Crippen LogP contribution < -0.4 is 29.6 Å². The van der Waals surface area contributed by atoms with Crippen LogP contribution in [-0.4, -0.2) is 5.33 Å². The molecule has 0 nitrogen and oxygen atoms in total. The summed E-state index contributed by atoms with van der Waals surface area (Å²) in [6, 6.07) is 0. The Kier molecular flexibility index (Phi) is 16.7. The van der Waals surface area contributed by atoms with Gasteiger partial charge in [-0.05, 0) is 0 Å². The fourth-order valence-corrected chi connectivity index (χ4v) is 0. The van der Waals surface area contributed by atoms with Crippen molar-refractivity contribution in [1.29, 1.82) is 0 Å². The molecular formula is C3H2BrNa. The standard InChI is InChI=1S/C3H2Br.Na/c1-2-3-4;/h3H2;/q-1;+1. The Morgan fingerprint density at radius 3 is 2.00 bits per heavy atom. The number of rotatable bonds is 0. The van der Waals surface area contributed by atoms with Gasteiger partial charge in [0.15, 0.2) is 0 Å². The molecule has 0 saturated heterocycles. The second kappa shape index (κ2) is 8.90. The van der Waals surface area contributed by atoms with Gasteiger partial charge in [-0.1, -0.05) is 15.9 Å². The van der Waals surface area contributed by atoms with Crippen molar-refractivity contribution in [3.8, 4) is 5.92 Å². The van der Waals surface area contributed by atoms with Gasteiger partial charge in [-0.3, -0.25) is 0 Å². The molecule has 0 heterocycles. The van der Waals surface area contributed by atoms with Gasteiger partial charge in [0, 0.05) is 5.33 Å². The molecule has 5 heavy (non-hydrogen) atoms. The van der Waals surface area contributed by atoms with Crippen molar-refractivity contribution in [2.45, 2.75) is 0 Å². The van der Waals surface area contributed by atoms with E-state index in [1.807, 2.05) is 0 Å². The largest absolute Gasteiger partial charge is 1.00 e. The molecule has 0 aliphatic rings. The summed E-state index contributed by atoms with van der Waals surface area (Å²) in [7, 11) is 0. The van der Waals surface area contributed by atoms with E-state index in [1.165, 1.54) is 0 Å². The third-order valence-electron chi connectivity index (χ3n) is 0.0668. The monoisotopic (exact) mass is 140 g/mol. The normalized spacial score (nSPS) is 4.00. The van der Waals surface area contributed by atoms with Gasteiger partial charge in [0.05, 0.1) is 0 Å². The van der Waals surface area contributed by atoms with E-state index in [2.05, 4.69) is 21.9 Å². The third kappa shape index (κ3) is 11.2. The molecule has 0 fully saturated rings. The van der Waals surface area contributed by atoms with Crippen LogP contribution in [-0.2, 0) is 0 Å². The Balaban J connectivity index is 0. The second-order valence-electron chi connectivity index (χ2n) is 0.310. The Bertz CT molecular complexity index is 36.6. The van der Waals surface area contributed by atoms with Gasteiger partial charge < -0.3 is 12.3 Å². The molecule has 0 saturated carbocycles. The quantitative estimate of drug-likeness (QED) is 0.158. The van der Waals surface area contributed by atoms with Gasteiger partial charge in [-0.2, -0.15) is 0 Å². The summed E-state index contributed by atoms with van der Waals surface area (Å²) in [4.78, 5) is 0. The van der Waals surface area contributed by atoms with Crippen molar-refractivity contribution in [1.82, 2.24) is 0 Å². The van der Waals surface area contributed by atoms with E-state index in [0.717, 1.165) is 0 Å². The van der Waals surface area contributed by atoms with E-state index in [4.69, 9.17) is 6.42 Å². The minimum Gasteiger partial charge on any atom is -0.693 e. The van der Waals surface area contributed by atoms with Gasteiger partial charge in [0.1, 0.15) is 0 Å². The maximum Gasteiger partial charge on any atom is 1.00 e. The van der Waals surface area contributed by atoms with Crippen LogP contribution in [0.3, 0.4) is 0 Å². The molecule has 0 bridgehead atoms. The first-order valence-electron chi connectivity index (χ1n) is 0.871. The van der Waals surface area contributed by atoms with Crippen molar-refractivity contribution < 1.29 is 29.6 Å². The first-order valence-corrected chi connectivity index (χ1v) is 1.99. The minimum absolute atomic E-state index is 0. The topological polar surface area (TPSA) is 0 Å². The number of hydrogen-bond acceptors (Lipinski definition) is 0. The predicted octanol–water partition coefficient (Wildman–Crippen LogP) is -2.02. The van der Waals surface area contributed by atoms with E-state index >= 15 is 0 Å². The molecule has 0 N–H and O–H groups in total. The summed E-state index contributed by atoms with van der Waals surface area (Å²) in [6.45, 7) is 0. The molecule has 0 aromatic rings. The second-order valence-corrected chi connectivity index (χ2v) is 0.871. The molecular weight excluding hydrogens is 139 g/mol. The van der Waals surface area contributed by atoms with E-state index in [0.29, 0.717) is 5.33 Å². The van der Waals surface area contributed by atoms with Crippen LogP contribution >= 0.6 is 15.9 Å². The van der Waals surface area contributed by atoms with Gasteiger partial charge in [-0.25, -0.2) is 0 Å². The zero-order valence-electron chi connectivity index (χ0n) is 3.09. The van der Waals surface area contributed by atoms with Crippen LogP contribution in [0.5, 0.6) is 0 Å². The fourth-order valence-electron chi connectivity index (χ4n) is 0. The first kappa shape index (κ1) is 9.40. The maximum absolute atomic E-state index is 6.15. The molecule has 0 unspecified atom stereocenters. The average Bonchev–Trinajstić information content (AvgIpc) is 1.37. The summed E-state index contributed by atoms with van der Waals surface area (Å²) in [6.07, 6.45) is 6.15. The van der Waals surface area contributed by atoms with Crippen LogP contribution in [0.25, 0.3) is 0 Å². The molecule has 0 amide bonds. The third-order valence-corrected chi connectivity index (χ3v) is 0.347. The molecule has 0 spiro atoms. The van der Waals surface area contributed by atoms with E-state index in [9.17, 15) is 0 Å². The van der Waals surface area contributed by atoms with Crippen LogP contribution in [0.4, 0.5) is 0 Å². The SMILES string of the molecule is [C-]#CCBr.[Na+]. The maximum atomic E-state index is 6.15. The first-order chi connectivity index (χ1) is 1.91. The van der Waals surface area contributed by atoms with Gasteiger partial charge >= 0.3 is 29.6 Å². The molecule has 0 aliphatic carbocycles. The minimum atomic E-state index is 0. The van der Waals surface area contributed by atoms with E-state index in [-0.39, 0.29) is 29.6 Å². The van der Waals surface area contributed by atoms with Crippen molar-refractivity contribution >= 4 is 15.9 Å². The number of hydrogen-bond donors (Lipinski definition) is 0. The zero-order chi connectivity index (χ0) is 3.41. The van der Waals surface area contributed by atoms with Crippen LogP contribution in [0.15, 0.2) is 0 Å². The van der Waals surface area contributed by atoms with Crippen LogP contribution in [0.1, 0.15) is 0 Å².